The van der Waals surface area contributed by atoms with Crippen molar-refractivity contribution in [1.29, 1.82) is 0 Å². The first-order chi connectivity index (χ1) is 9.50. The van der Waals surface area contributed by atoms with Crippen LogP contribution in [0.4, 0.5) is 0 Å². The van der Waals surface area contributed by atoms with Crippen LogP contribution < -0.4 is 0 Å². The number of carbonyl (C=O) groups excluding carboxylic acids is 1. The van der Waals surface area contributed by atoms with E-state index in [1.165, 1.54) is 0 Å². The number of rotatable bonds is 3. The molecule has 2 aromatic rings. The van der Waals surface area contributed by atoms with E-state index in [2.05, 4.69) is 20.9 Å². The van der Waals surface area contributed by atoms with E-state index >= 15 is 0 Å². The van der Waals surface area contributed by atoms with Gasteiger partial charge in [-0.15, -0.1) is 0 Å². The summed E-state index contributed by atoms with van der Waals surface area (Å²) < 4.78 is 0.618. The molecule has 104 valence electrons. The van der Waals surface area contributed by atoms with E-state index in [0.29, 0.717) is 15.9 Å². The zero-order valence-corrected chi connectivity index (χ0v) is 12.8. The fourth-order valence-corrected chi connectivity index (χ4v) is 2.28. The standard InChI is InChI=1S/C15H15BrN2O2/c1-10(11-6-3-4-8-13(11)19)18(2)15(20)12-7-5-9-14(16)17-12/h3-10,19H,1-2H3. The molecule has 2 rings (SSSR count). The lowest BCUT2D eigenvalue weighted by Gasteiger charge is -2.25. The maximum absolute atomic E-state index is 12.4. The minimum absolute atomic E-state index is 0.182. The highest BCUT2D eigenvalue weighted by atomic mass is 79.9. The van der Waals surface area contributed by atoms with Crippen molar-refractivity contribution in [2.24, 2.45) is 0 Å². The van der Waals surface area contributed by atoms with E-state index in [1.54, 1.807) is 48.3 Å². The Balaban J connectivity index is 2.25. The number of aromatic hydroxyl groups is 1. The summed E-state index contributed by atoms with van der Waals surface area (Å²) in [6.07, 6.45) is 0. The highest BCUT2D eigenvalue weighted by Crippen LogP contribution is 2.27. The normalized spacial score (nSPS) is 11.9. The lowest BCUT2D eigenvalue weighted by molar-refractivity contribution is 0.0735. The van der Waals surface area contributed by atoms with Crippen molar-refractivity contribution in [2.75, 3.05) is 7.05 Å². The zero-order valence-electron chi connectivity index (χ0n) is 11.2. The molecule has 1 aromatic carbocycles. The molecule has 0 aliphatic rings. The fraction of sp³-hybridized carbons (Fsp3) is 0.200. The topological polar surface area (TPSA) is 53.4 Å². The fourth-order valence-electron chi connectivity index (χ4n) is 1.93. The third-order valence-corrected chi connectivity index (χ3v) is 3.66. The van der Waals surface area contributed by atoms with Gasteiger partial charge in [-0.1, -0.05) is 24.3 Å². The van der Waals surface area contributed by atoms with Crippen LogP contribution in [-0.4, -0.2) is 27.9 Å². The third kappa shape index (κ3) is 2.99. The lowest BCUT2D eigenvalue weighted by Crippen LogP contribution is -2.30. The minimum atomic E-state index is -0.246. The molecular weight excluding hydrogens is 320 g/mol. The predicted octanol–water partition coefficient (Wildman–Crippen LogP) is 3.38. The summed E-state index contributed by atoms with van der Waals surface area (Å²) in [6, 6.07) is 12.0. The molecule has 0 spiro atoms. The van der Waals surface area contributed by atoms with Crippen molar-refractivity contribution in [1.82, 2.24) is 9.88 Å². The molecule has 0 fully saturated rings. The predicted molar refractivity (Wildman–Crippen MR) is 80.6 cm³/mol. The Bertz CT molecular complexity index is 631. The molecule has 1 heterocycles. The molecule has 1 N–H and O–H groups in total. The quantitative estimate of drug-likeness (QED) is 0.875. The van der Waals surface area contributed by atoms with Crippen LogP contribution in [0.5, 0.6) is 5.75 Å². The number of benzene rings is 1. The number of hydrogen-bond acceptors (Lipinski definition) is 3. The molecule has 1 aromatic heterocycles. The summed E-state index contributed by atoms with van der Waals surface area (Å²) in [4.78, 5) is 18.1. The molecule has 0 radical (unpaired) electrons. The van der Waals surface area contributed by atoms with Gasteiger partial charge in [0.2, 0.25) is 0 Å². The molecular formula is C15H15BrN2O2. The Kier molecular flexibility index (Phi) is 4.39. The van der Waals surface area contributed by atoms with Crippen molar-refractivity contribution in [3.8, 4) is 5.75 Å². The van der Waals surface area contributed by atoms with E-state index < -0.39 is 0 Å². The Morgan fingerprint density at radius 1 is 1.25 bits per heavy atom. The Hall–Kier alpha value is -1.88. The van der Waals surface area contributed by atoms with Gasteiger partial charge in [0, 0.05) is 12.6 Å². The van der Waals surface area contributed by atoms with Gasteiger partial charge in [-0.2, -0.15) is 0 Å². The van der Waals surface area contributed by atoms with Crippen LogP contribution >= 0.6 is 15.9 Å². The number of carbonyl (C=O) groups is 1. The molecule has 1 amide bonds. The van der Waals surface area contributed by atoms with E-state index in [4.69, 9.17) is 0 Å². The van der Waals surface area contributed by atoms with Gasteiger partial charge in [-0.25, -0.2) is 4.98 Å². The van der Waals surface area contributed by atoms with Crippen molar-refractivity contribution >= 4 is 21.8 Å². The first-order valence-electron chi connectivity index (χ1n) is 6.18. The van der Waals surface area contributed by atoms with Gasteiger partial charge < -0.3 is 10.0 Å². The smallest absolute Gasteiger partial charge is 0.272 e. The highest BCUT2D eigenvalue weighted by molar-refractivity contribution is 9.10. The number of phenols is 1. The summed E-state index contributed by atoms with van der Waals surface area (Å²) in [5, 5.41) is 9.87. The third-order valence-electron chi connectivity index (χ3n) is 3.22. The minimum Gasteiger partial charge on any atom is -0.508 e. The molecule has 0 aliphatic carbocycles. The van der Waals surface area contributed by atoms with E-state index in [0.717, 1.165) is 0 Å². The van der Waals surface area contributed by atoms with Gasteiger partial charge >= 0.3 is 0 Å². The average molecular weight is 335 g/mol. The van der Waals surface area contributed by atoms with Crippen LogP contribution in [0.25, 0.3) is 0 Å². The van der Waals surface area contributed by atoms with Gasteiger partial charge in [0.05, 0.1) is 6.04 Å². The summed E-state index contributed by atoms with van der Waals surface area (Å²) in [5.41, 5.74) is 1.07. The van der Waals surface area contributed by atoms with Crippen LogP contribution in [-0.2, 0) is 0 Å². The molecule has 5 heteroatoms. The van der Waals surface area contributed by atoms with Crippen LogP contribution in [0, 0.1) is 0 Å². The molecule has 0 aliphatic heterocycles. The molecule has 0 saturated carbocycles. The van der Waals surface area contributed by atoms with Crippen molar-refractivity contribution in [2.45, 2.75) is 13.0 Å². The van der Waals surface area contributed by atoms with Gasteiger partial charge in [-0.3, -0.25) is 4.79 Å². The average Bonchev–Trinajstić information content (AvgIpc) is 2.45. The first-order valence-corrected chi connectivity index (χ1v) is 6.97. The van der Waals surface area contributed by atoms with Crippen LogP contribution in [0.3, 0.4) is 0 Å². The summed E-state index contributed by atoms with van der Waals surface area (Å²) in [5.74, 6) is -0.0103. The Morgan fingerprint density at radius 3 is 2.60 bits per heavy atom. The molecule has 0 saturated heterocycles. The molecule has 4 nitrogen and oxygen atoms in total. The number of aromatic nitrogens is 1. The maximum atomic E-state index is 12.4. The summed E-state index contributed by atoms with van der Waals surface area (Å²) in [6.45, 7) is 1.87. The van der Waals surface area contributed by atoms with Crippen molar-refractivity contribution in [3.63, 3.8) is 0 Å². The Labute approximate surface area is 126 Å². The summed E-state index contributed by atoms with van der Waals surface area (Å²) in [7, 11) is 1.70. The Morgan fingerprint density at radius 2 is 1.95 bits per heavy atom. The molecule has 1 atom stereocenters. The highest BCUT2D eigenvalue weighted by Gasteiger charge is 2.21. The van der Waals surface area contributed by atoms with Crippen LogP contribution in [0.15, 0.2) is 47.1 Å². The van der Waals surface area contributed by atoms with Gasteiger partial charge in [0.15, 0.2) is 0 Å². The maximum Gasteiger partial charge on any atom is 0.272 e. The number of nitrogens with zero attached hydrogens (tertiary/aromatic N) is 2. The van der Waals surface area contributed by atoms with E-state index in [1.807, 2.05) is 13.0 Å². The second-order valence-corrected chi connectivity index (χ2v) is 5.31. The second kappa shape index (κ2) is 6.05. The van der Waals surface area contributed by atoms with Gasteiger partial charge in [0.25, 0.3) is 5.91 Å². The monoisotopic (exact) mass is 334 g/mol. The largest absolute Gasteiger partial charge is 0.508 e. The van der Waals surface area contributed by atoms with E-state index in [9.17, 15) is 9.90 Å². The number of pyridine rings is 1. The number of halogens is 1. The number of amides is 1. The number of para-hydroxylation sites is 1. The van der Waals surface area contributed by atoms with Crippen molar-refractivity contribution in [3.05, 3.63) is 58.3 Å². The SMILES string of the molecule is CC(c1ccccc1O)N(C)C(=O)c1cccc(Br)n1. The lowest BCUT2D eigenvalue weighted by atomic mass is 10.1. The van der Waals surface area contributed by atoms with Crippen molar-refractivity contribution < 1.29 is 9.90 Å². The van der Waals surface area contributed by atoms with Gasteiger partial charge in [0.1, 0.15) is 16.0 Å². The number of phenolic OH excluding ortho intramolecular Hbond substituents is 1. The second-order valence-electron chi connectivity index (χ2n) is 4.50. The first kappa shape index (κ1) is 14.5. The number of hydrogen-bond donors (Lipinski definition) is 1. The molecule has 0 bridgehead atoms. The van der Waals surface area contributed by atoms with Crippen LogP contribution in [0.1, 0.15) is 29.0 Å². The zero-order chi connectivity index (χ0) is 14.7. The molecule has 1 unspecified atom stereocenters. The van der Waals surface area contributed by atoms with Gasteiger partial charge in [-0.05, 0) is 41.1 Å². The van der Waals surface area contributed by atoms with E-state index in [-0.39, 0.29) is 17.7 Å². The molecule has 20 heavy (non-hydrogen) atoms. The summed E-state index contributed by atoms with van der Waals surface area (Å²) >= 11 is 3.25. The van der Waals surface area contributed by atoms with Crippen LogP contribution in [0.2, 0.25) is 0 Å².